The Morgan fingerprint density at radius 2 is 1.77 bits per heavy atom. The quantitative estimate of drug-likeness (QED) is 0.491. The molecule has 31 heavy (non-hydrogen) atoms. The Morgan fingerprint density at radius 1 is 1.10 bits per heavy atom. The summed E-state index contributed by atoms with van der Waals surface area (Å²) in [6, 6.07) is 15.2. The van der Waals surface area contributed by atoms with Gasteiger partial charge in [-0.1, -0.05) is 30.3 Å². The summed E-state index contributed by atoms with van der Waals surface area (Å²) in [5, 5.41) is 10.2. The Hall–Kier alpha value is -2.51. The monoisotopic (exact) mass is 456 g/mol. The maximum atomic E-state index is 12.7. The van der Waals surface area contributed by atoms with E-state index in [9.17, 15) is 4.79 Å². The van der Waals surface area contributed by atoms with E-state index < -0.39 is 0 Å². The van der Waals surface area contributed by atoms with Crippen molar-refractivity contribution in [3.63, 3.8) is 0 Å². The molecule has 1 aromatic heterocycles. The molecule has 0 radical (unpaired) electrons. The van der Waals surface area contributed by atoms with Crippen LogP contribution in [0.4, 0.5) is 0 Å². The number of halogens is 1. The van der Waals surface area contributed by atoms with Crippen LogP contribution in [-0.2, 0) is 4.79 Å². The van der Waals surface area contributed by atoms with Gasteiger partial charge in [0.1, 0.15) is 5.75 Å². The normalized spacial score (nSPS) is 14.6. The van der Waals surface area contributed by atoms with E-state index in [1.54, 1.807) is 7.11 Å². The van der Waals surface area contributed by atoms with Gasteiger partial charge in [0.2, 0.25) is 5.91 Å². The van der Waals surface area contributed by atoms with Gasteiger partial charge < -0.3 is 9.64 Å². The molecule has 2 aromatic carbocycles. The van der Waals surface area contributed by atoms with Gasteiger partial charge in [0.05, 0.1) is 12.9 Å². The number of rotatable bonds is 6. The second-order valence-electron chi connectivity index (χ2n) is 7.70. The Kier molecular flexibility index (Phi) is 6.83. The van der Waals surface area contributed by atoms with Crippen LogP contribution in [0.25, 0.3) is 17.1 Å². The summed E-state index contributed by atoms with van der Waals surface area (Å²) in [6.45, 7) is 3.91. The molecule has 3 aromatic rings. The summed E-state index contributed by atoms with van der Waals surface area (Å²) >= 11 is 7.50. The molecule has 0 aliphatic carbocycles. The van der Waals surface area contributed by atoms with Crippen molar-refractivity contribution < 1.29 is 9.53 Å². The van der Waals surface area contributed by atoms with E-state index >= 15 is 0 Å². The van der Waals surface area contributed by atoms with E-state index in [-0.39, 0.29) is 5.91 Å². The molecular formula is C23H25ClN4O2S. The van der Waals surface area contributed by atoms with Crippen LogP contribution < -0.4 is 4.74 Å². The number of ether oxygens (including phenoxy) is 1. The van der Waals surface area contributed by atoms with Crippen molar-refractivity contribution in [1.82, 2.24) is 19.7 Å². The summed E-state index contributed by atoms with van der Waals surface area (Å²) in [5.74, 6) is 2.65. The maximum Gasteiger partial charge on any atom is 0.233 e. The van der Waals surface area contributed by atoms with Crippen LogP contribution >= 0.6 is 23.4 Å². The second kappa shape index (κ2) is 9.75. The zero-order valence-corrected chi connectivity index (χ0v) is 19.2. The van der Waals surface area contributed by atoms with Gasteiger partial charge in [-0.05, 0) is 67.3 Å². The molecule has 1 aliphatic rings. The minimum Gasteiger partial charge on any atom is -0.497 e. The maximum absolute atomic E-state index is 12.7. The minimum atomic E-state index is 0.147. The summed E-state index contributed by atoms with van der Waals surface area (Å²) in [7, 11) is 1.64. The molecule has 1 saturated heterocycles. The lowest BCUT2D eigenvalue weighted by Crippen LogP contribution is -2.38. The largest absolute Gasteiger partial charge is 0.497 e. The predicted octanol–water partition coefficient (Wildman–Crippen LogP) is 4.95. The van der Waals surface area contributed by atoms with Crippen LogP contribution in [0.3, 0.4) is 0 Å². The van der Waals surface area contributed by atoms with Gasteiger partial charge in [-0.15, -0.1) is 10.2 Å². The number of amides is 1. The van der Waals surface area contributed by atoms with Crippen LogP contribution in [0, 0.1) is 5.92 Å². The van der Waals surface area contributed by atoms with Crippen molar-refractivity contribution in [3.8, 4) is 22.8 Å². The van der Waals surface area contributed by atoms with Crippen LogP contribution in [0.5, 0.6) is 5.75 Å². The molecule has 0 bridgehead atoms. The zero-order chi connectivity index (χ0) is 21.8. The molecule has 4 rings (SSSR count). The third kappa shape index (κ3) is 5.05. The van der Waals surface area contributed by atoms with Gasteiger partial charge in [-0.3, -0.25) is 9.36 Å². The number of thioether (sulfide) groups is 1. The molecule has 0 unspecified atom stereocenters. The van der Waals surface area contributed by atoms with E-state index in [0.717, 1.165) is 42.9 Å². The highest BCUT2D eigenvalue weighted by atomic mass is 35.5. The van der Waals surface area contributed by atoms with E-state index in [1.165, 1.54) is 11.8 Å². The molecule has 0 saturated carbocycles. The lowest BCUT2D eigenvalue weighted by Gasteiger charge is -2.30. The van der Waals surface area contributed by atoms with Gasteiger partial charge in [-0.2, -0.15) is 0 Å². The van der Waals surface area contributed by atoms with Crippen molar-refractivity contribution in [1.29, 1.82) is 0 Å². The molecule has 162 valence electrons. The molecule has 1 fully saturated rings. The zero-order valence-electron chi connectivity index (χ0n) is 17.6. The number of carbonyl (C=O) groups excluding carboxylic acids is 1. The summed E-state index contributed by atoms with van der Waals surface area (Å²) in [5.41, 5.74) is 1.80. The van der Waals surface area contributed by atoms with Gasteiger partial charge in [0.15, 0.2) is 11.0 Å². The van der Waals surface area contributed by atoms with Crippen molar-refractivity contribution in [2.45, 2.75) is 24.9 Å². The van der Waals surface area contributed by atoms with Gasteiger partial charge >= 0.3 is 0 Å². The first-order valence-corrected chi connectivity index (χ1v) is 11.7. The fraction of sp³-hybridized carbons (Fsp3) is 0.348. The lowest BCUT2D eigenvalue weighted by molar-refractivity contribution is -0.129. The van der Waals surface area contributed by atoms with Gasteiger partial charge in [0.25, 0.3) is 0 Å². The molecule has 0 N–H and O–H groups in total. The molecule has 1 aliphatic heterocycles. The number of methoxy groups -OCH3 is 1. The summed E-state index contributed by atoms with van der Waals surface area (Å²) < 4.78 is 7.23. The van der Waals surface area contributed by atoms with Crippen molar-refractivity contribution >= 4 is 29.3 Å². The Bertz CT molecular complexity index is 1030. The number of carbonyl (C=O) groups is 1. The predicted molar refractivity (Wildman–Crippen MR) is 124 cm³/mol. The van der Waals surface area contributed by atoms with Gasteiger partial charge in [0, 0.05) is 29.4 Å². The average molecular weight is 457 g/mol. The fourth-order valence-electron chi connectivity index (χ4n) is 3.59. The van der Waals surface area contributed by atoms with Crippen molar-refractivity contribution in [2.75, 3.05) is 26.0 Å². The number of nitrogens with zero attached hydrogens (tertiary/aromatic N) is 4. The van der Waals surface area contributed by atoms with E-state index in [4.69, 9.17) is 16.3 Å². The fourth-order valence-corrected chi connectivity index (χ4v) is 4.57. The van der Waals surface area contributed by atoms with Crippen LogP contribution in [0.2, 0.25) is 5.02 Å². The molecular weight excluding hydrogens is 432 g/mol. The average Bonchev–Trinajstić information content (AvgIpc) is 3.22. The Morgan fingerprint density at radius 3 is 2.42 bits per heavy atom. The molecule has 0 spiro atoms. The Labute approximate surface area is 191 Å². The third-order valence-electron chi connectivity index (χ3n) is 5.53. The van der Waals surface area contributed by atoms with Gasteiger partial charge in [-0.25, -0.2) is 0 Å². The Balaban J connectivity index is 1.60. The first-order chi connectivity index (χ1) is 15.0. The summed E-state index contributed by atoms with van der Waals surface area (Å²) in [4.78, 5) is 14.7. The lowest BCUT2D eigenvalue weighted by atomic mass is 9.99. The topological polar surface area (TPSA) is 60.3 Å². The third-order valence-corrected chi connectivity index (χ3v) is 6.69. The molecule has 6 nitrogen and oxygen atoms in total. The number of piperidine rings is 1. The summed E-state index contributed by atoms with van der Waals surface area (Å²) in [6.07, 6.45) is 2.14. The highest BCUT2D eigenvalue weighted by Gasteiger charge is 2.22. The molecule has 8 heteroatoms. The second-order valence-corrected chi connectivity index (χ2v) is 9.08. The number of aromatic nitrogens is 3. The SMILES string of the molecule is COc1ccc(-c2nnc(SCC(=O)N3CCC(C)CC3)n2-c2ccc(Cl)cc2)cc1. The van der Waals surface area contributed by atoms with Crippen molar-refractivity contribution in [3.05, 3.63) is 53.6 Å². The van der Waals surface area contributed by atoms with E-state index in [0.29, 0.717) is 27.7 Å². The van der Waals surface area contributed by atoms with E-state index in [1.807, 2.05) is 58.0 Å². The number of hydrogen-bond acceptors (Lipinski definition) is 5. The number of hydrogen-bond donors (Lipinski definition) is 0. The number of benzene rings is 2. The number of likely N-dealkylation sites (tertiary alicyclic amines) is 1. The standard InChI is InChI=1S/C23H25ClN4O2S/c1-16-11-13-27(14-12-16)21(29)15-31-23-26-25-22(17-3-9-20(30-2)10-4-17)28(23)19-7-5-18(24)6-8-19/h3-10,16H,11-15H2,1-2H3. The minimum absolute atomic E-state index is 0.147. The van der Waals surface area contributed by atoms with Crippen LogP contribution in [0.15, 0.2) is 53.7 Å². The molecule has 1 amide bonds. The first kappa shape index (κ1) is 21.7. The van der Waals surface area contributed by atoms with Crippen molar-refractivity contribution in [2.24, 2.45) is 5.92 Å². The van der Waals surface area contributed by atoms with Crippen LogP contribution in [-0.4, -0.2) is 51.5 Å². The molecule has 0 atom stereocenters. The highest BCUT2D eigenvalue weighted by Crippen LogP contribution is 2.30. The molecule has 2 heterocycles. The smallest absolute Gasteiger partial charge is 0.233 e. The van der Waals surface area contributed by atoms with E-state index in [2.05, 4.69) is 17.1 Å². The first-order valence-electron chi connectivity index (χ1n) is 10.3. The van der Waals surface area contributed by atoms with Crippen LogP contribution in [0.1, 0.15) is 19.8 Å². The highest BCUT2D eigenvalue weighted by molar-refractivity contribution is 7.99.